The fraction of sp³-hybridized carbons (Fsp3) is 0. The van der Waals surface area contributed by atoms with E-state index >= 15 is 0 Å². The van der Waals surface area contributed by atoms with Gasteiger partial charge in [0, 0.05) is 5.56 Å². The molecule has 0 fully saturated rings. The van der Waals surface area contributed by atoms with E-state index in [1.54, 1.807) is 6.07 Å². The van der Waals surface area contributed by atoms with Gasteiger partial charge in [0.2, 0.25) is 0 Å². The molecule has 6 heteroatoms. The van der Waals surface area contributed by atoms with E-state index in [9.17, 15) is 9.18 Å². The van der Waals surface area contributed by atoms with Crippen molar-refractivity contribution in [2.24, 2.45) is 5.10 Å². The number of carbonyl (C=O) groups is 1. The molecule has 0 saturated heterocycles. The van der Waals surface area contributed by atoms with Crippen molar-refractivity contribution in [3.8, 4) is 6.07 Å². The number of thiophene rings is 1. The third kappa shape index (κ3) is 3.24. The van der Waals surface area contributed by atoms with E-state index in [0.717, 1.165) is 11.6 Å². The molecule has 0 spiro atoms. The molecule has 1 amide bonds. The Labute approximate surface area is 112 Å². The highest BCUT2D eigenvalue weighted by Crippen LogP contribution is 2.09. The van der Waals surface area contributed by atoms with Crippen LogP contribution in [-0.4, -0.2) is 12.1 Å². The molecule has 1 heterocycles. The van der Waals surface area contributed by atoms with E-state index in [1.165, 1.54) is 29.7 Å². The normalized spacial score (nSPS) is 10.3. The van der Waals surface area contributed by atoms with Crippen LogP contribution in [0.4, 0.5) is 4.39 Å². The number of nitrogens with one attached hydrogen (secondary N) is 1. The van der Waals surface area contributed by atoms with Crippen LogP contribution in [0.2, 0.25) is 0 Å². The van der Waals surface area contributed by atoms with Gasteiger partial charge < -0.3 is 0 Å². The van der Waals surface area contributed by atoms with Gasteiger partial charge in [-0.2, -0.15) is 21.7 Å². The molecule has 1 aromatic carbocycles. The predicted octanol–water partition coefficient (Wildman–Crippen LogP) is 2.52. The summed E-state index contributed by atoms with van der Waals surface area (Å²) in [5.74, 6) is -1.41. The molecule has 0 aliphatic carbocycles. The van der Waals surface area contributed by atoms with Crippen LogP contribution in [-0.2, 0) is 0 Å². The van der Waals surface area contributed by atoms with E-state index < -0.39 is 11.7 Å². The van der Waals surface area contributed by atoms with Crippen LogP contribution in [0, 0.1) is 17.1 Å². The highest BCUT2D eigenvalue weighted by molar-refractivity contribution is 7.08. The van der Waals surface area contributed by atoms with Gasteiger partial charge in [0.05, 0.1) is 23.4 Å². The Morgan fingerprint density at radius 3 is 2.95 bits per heavy atom. The van der Waals surface area contributed by atoms with Crippen LogP contribution in [0.5, 0.6) is 0 Å². The number of hydrogen-bond acceptors (Lipinski definition) is 4. The first kappa shape index (κ1) is 12.9. The van der Waals surface area contributed by atoms with Crippen LogP contribution in [0.15, 0.2) is 40.1 Å². The molecule has 0 aliphatic rings. The van der Waals surface area contributed by atoms with Crippen molar-refractivity contribution in [2.45, 2.75) is 0 Å². The monoisotopic (exact) mass is 273 g/mol. The molecular formula is C13H8FN3OS. The second-order valence-electron chi connectivity index (χ2n) is 3.56. The predicted molar refractivity (Wildman–Crippen MR) is 70.5 cm³/mol. The zero-order valence-corrected chi connectivity index (χ0v) is 10.4. The lowest BCUT2D eigenvalue weighted by molar-refractivity contribution is 0.0951. The summed E-state index contributed by atoms with van der Waals surface area (Å²) in [5, 5.41) is 16.1. The SMILES string of the molecule is N#Cc1ccc(C(=O)N/N=C/c2ccsc2)c(F)c1. The number of benzene rings is 1. The third-order valence-corrected chi connectivity index (χ3v) is 2.97. The minimum atomic E-state index is -0.748. The van der Waals surface area contributed by atoms with Crippen LogP contribution in [0.25, 0.3) is 0 Å². The standard InChI is InChI=1S/C13H8FN3OS/c14-12-5-9(6-15)1-2-11(12)13(18)17-16-7-10-3-4-19-8-10/h1-5,7-8H,(H,17,18)/b16-7+. The summed E-state index contributed by atoms with van der Waals surface area (Å²) in [7, 11) is 0. The van der Waals surface area contributed by atoms with E-state index in [0.29, 0.717) is 0 Å². The maximum atomic E-state index is 13.5. The molecule has 2 aromatic rings. The summed E-state index contributed by atoms with van der Waals surface area (Å²) in [4.78, 5) is 11.6. The maximum absolute atomic E-state index is 13.5. The van der Waals surface area contributed by atoms with Gasteiger partial charge in [-0.3, -0.25) is 4.79 Å². The van der Waals surface area contributed by atoms with Crippen molar-refractivity contribution in [3.63, 3.8) is 0 Å². The van der Waals surface area contributed by atoms with Crippen molar-refractivity contribution in [2.75, 3.05) is 0 Å². The molecule has 0 unspecified atom stereocenters. The number of hydrogen-bond donors (Lipinski definition) is 1. The van der Waals surface area contributed by atoms with Crippen molar-refractivity contribution in [3.05, 3.63) is 57.5 Å². The van der Waals surface area contributed by atoms with E-state index in [2.05, 4.69) is 10.5 Å². The number of halogens is 1. The molecule has 19 heavy (non-hydrogen) atoms. The molecule has 0 bridgehead atoms. The van der Waals surface area contributed by atoms with E-state index in [4.69, 9.17) is 5.26 Å². The molecule has 1 aromatic heterocycles. The van der Waals surface area contributed by atoms with Crippen molar-refractivity contribution in [1.82, 2.24) is 5.43 Å². The molecule has 94 valence electrons. The molecule has 2 rings (SSSR count). The summed E-state index contributed by atoms with van der Waals surface area (Å²) in [6, 6.07) is 7.27. The molecule has 0 atom stereocenters. The smallest absolute Gasteiger partial charge is 0.267 e. The minimum Gasteiger partial charge on any atom is -0.267 e. The van der Waals surface area contributed by atoms with Gasteiger partial charge in [0.1, 0.15) is 5.82 Å². The van der Waals surface area contributed by atoms with Gasteiger partial charge in [-0.15, -0.1) is 0 Å². The van der Waals surface area contributed by atoms with Gasteiger partial charge >= 0.3 is 0 Å². The molecule has 0 radical (unpaired) electrons. The number of nitriles is 1. The summed E-state index contributed by atoms with van der Waals surface area (Å²) in [6.45, 7) is 0. The second-order valence-corrected chi connectivity index (χ2v) is 4.34. The van der Waals surface area contributed by atoms with Gasteiger partial charge in [-0.1, -0.05) is 0 Å². The number of rotatable bonds is 3. The lowest BCUT2D eigenvalue weighted by atomic mass is 10.1. The molecular weight excluding hydrogens is 265 g/mol. The summed E-state index contributed by atoms with van der Waals surface area (Å²) in [6.07, 6.45) is 1.47. The van der Waals surface area contributed by atoms with Gasteiger partial charge in [-0.05, 0) is 35.0 Å². The number of nitrogens with zero attached hydrogens (tertiary/aromatic N) is 2. The third-order valence-electron chi connectivity index (χ3n) is 2.27. The zero-order valence-electron chi connectivity index (χ0n) is 9.63. The quantitative estimate of drug-likeness (QED) is 0.689. The number of hydrazone groups is 1. The largest absolute Gasteiger partial charge is 0.274 e. The summed E-state index contributed by atoms with van der Waals surface area (Å²) >= 11 is 1.51. The highest BCUT2D eigenvalue weighted by Gasteiger charge is 2.11. The van der Waals surface area contributed by atoms with Gasteiger partial charge in [-0.25, -0.2) is 9.82 Å². The average Bonchev–Trinajstić information content (AvgIpc) is 2.91. The molecule has 0 saturated carbocycles. The van der Waals surface area contributed by atoms with Gasteiger partial charge in [0.25, 0.3) is 5.91 Å². The Morgan fingerprint density at radius 2 is 2.32 bits per heavy atom. The lowest BCUT2D eigenvalue weighted by Gasteiger charge is -2.01. The Bertz CT molecular complexity index is 659. The summed E-state index contributed by atoms with van der Waals surface area (Å²) in [5.41, 5.74) is 3.09. The fourth-order valence-electron chi connectivity index (χ4n) is 1.34. The minimum absolute atomic E-state index is 0.151. The van der Waals surface area contributed by atoms with Crippen LogP contribution >= 0.6 is 11.3 Å². The summed E-state index contributed by atoms with van der Waals surface area (Å²) < 4.78 is 13.5. The van der Waals surface area contributed by atoms with Crippen LogP contribution < -0.4 is 5.43 Å². The lowest BCUT2D eigenvalue weighted by Crippen LogP contribution is -2.19. The van der Waals surface area contributed by atoms with Crippen molar-refractivity contribution < 1.29 is 9.18 Å². The highest BCUT2D eigenvalue weighted by atomic mass is 32.1. The number of amides is 1. The first-order valence-corrected chi connectivity index (χ1v) is 6.20. The fourth-order valence-corrected chi connectivity index (χ4v) is 1.95. The Morgan fingerprint density at radius 1 is 1.47 bits per heavy atom. The number of carbonyl (C=O) groups excluding carboxylic acids is 1. The first-order chi connectivity index (χ1) is 9.20. The Balaban J connectivity index is 2.06. The molecule has 4 nitrogen and oxygen atoms in total. The van der Waals surface area contributed by atoms with Crippen molar-refractivity contribution in [1.29, 1.82) is 5.26 Å². The van der Waals surface area contributed by atoms with Crippen LogP contribution in [0.3, 0.4) is 0 Å². The topological polar surface area (TPSA) is 65.2 Å². The Kier molecular flexibility index (Phi) is 4.00. The van der Waals surface area contributed by atoms with Crippen LogP contribution in [0.1, 0.15) is 21.5 Å². The second kappa shape index (κ2) is 5.89. The Hall–Kier alpha value is -2.52. The van der Waals surface area contributed by atoms with Gasteiger partial charge in [0.15, 0.2) is 0 Å². The zero-order chi connectivity index (χ0) is 13.7. The maximum Gasteiger partial charge on any atom is 0.274 e. The van der Waals surface area contributed by atoms with E-state index in [-0.39, 0.29) is 11.1 Å². The average molecular weight is 273 g/mol. The van der Waals surface area contributed by atoms with E-state index in [1.807, 2.05) is 16.8 Å². The molecule has 1 N–H and O–H groups in total. The first-order valence-electron chi connectivity index (χ1n) is 5.26. The molecule has 0 aliphatic heterocycles. The van der Waals surface area contributed by atoms with Crippen molar-refractivity contribution >= 4 is 23.5 Å².